The molecule has 1 aromatic rings. The summed E-state index contributed by atoms with van der Waals surface area (Å²) in [4.78, 5) is 13.9. The van der Waals surface area contributed by atoms with E-state index in [4.69, 9.17) is 10.5 Å². The fourth-order valence-corrected chi connectivity index (χ4v) is 0.694. The number of amides is 1. The summed E-state index contributed by atoms with van der Waals surface area (Å²) in [5, 5.41) is 0. The van der Waals surface area contributed by atoms with Crippen molar-refractivity contribution in [1.82, 2.24) is 4.98 Å². The van der Waals surface area contributed by atoms with Gasteiger partial charge in [0.15, 0.2) is 6.10 Å². The van der Waals surface area contributed by atoms with Crippen LogP contribution in [0.3, 0.4) is 0 Å². The minimum absolute atomic E-state index is 0.313. The van der Waals surface area contributed by atoms with Crippen LogP contribution in [0, 0.1) is 5.95 Å². The van der Waals surface area contributed by atoms with E-state index in [1.165, 1.54) is 19.2 Å². The van der Waals surface area contributed by atoms with Crippen molar-refractivity contribution in [2.75, 3.05) is 0 Å². The molecule has 0 aromatic carbocycles. The molecule has 1 heterocycles. The third-order valence-electron chi connectivity index (χ3n) is 1.41. The van der Waals surface area contributed by atoms with Crippen molar-refractivity contribution in [2.45, 2.75) is 13.0 Å². The number of carbonyl (C=O) groups is 1. The lowest BCUT2D eigenvalue weighted by atomic mass is 10.4. The van der Waals surface area contributed by atoms with Gasteiger partial charge in [-0.25, -0.2) is 4.98 Å². The van der Waals surface area contributed by atoms with Crippen molar-refractivity contribution in [3.8, 4) is 5.75 Å². The lowest BCUT2D eigenvalue weighted by Gasteiger charge is -2.09. The molecule has 0 aliphatic heterocycles. The van der Waals surface area contributed by atoms with Crippen molar-refractivity contribution in [2.24, 2.45) is 5.73 Å². The van der Waals surface area contributed by atoms with Crippen LogP contribution in [0.2, 0.25) is 0 Å². The summed E-state index contributed by atoms with van der Waals surface area (Å²) >= 11 is 0. The van der Waals surface area contributed by atoms with E-state index in [1.54, 1.807) is 0 Å². The molecular formula is C8H9FN2O2. The first-order valence-corrected chi connectivity index (χ1v) is 3.67. The second kappa shape index (κ2) is 3.84. The van der Waals surface area contributed by atoms with E-state index in [0.29, 0.717) is 5.75 Å². The van der Waals surface area contributed by atoms with Gasteiger partial charge < -0.3 is 10.5 Å². The van der Waals surface area contributed by atoms with Gasteiger partial charge in [-0.15, -0.1) is 0 Å². The first-order chi connectivity index (χ1) is 6.09. The summed E-state index contributed by atoms with van der Waals surface area (Å²) in [6.07, 6.45) is 0.446. The molecule has 0 spiro atoms. The van der Waals surface area contributed by atoms with Gasteiger partial charge in [-0.2, -0.15) is 4.39 Å². The van der Waals surface area contributed by atoms with E-state index in [9.17, 15) is 9.18 Å². The molecular weight excluding hydrogens is 175 g/mol. The Morgan fingerprint density at radius 1 is 1.69 bits per heavy atom. The van der Waals surface area contributed by atoms with Crippen molar-refractivity contribution in [3.63, 3.8) is 0 Å². The molecule has 13 heavy (non-hydrogen) atoms. The second-order valence-corrected chi connectivity index (χ2v) is 2.48. The molecule has 0 aliphatic carbocycles. The van der Waals surface area contributed by atoms with Crippen molar-refractivity contribution < 1.29 is 13.9 Å². The predicted molar refractivity (Wildman–Crippen MR) is 43.5 cm³/mol. The van der Waals surface area contributed by atoms with Gasteiger partial charge in [0.05, 0.1) is 6.20 Å². The topological polar surface area (TPSA) is 65.2 Å². The molecule has 2 N–H and O–H groups in total. The molecule has 1 unspecified atom stereocenters. The van der Waals surface area contributed by atoms with E-state index in [0.717, 1.165) is 6.07 Å². The van der Waals surface area contributed by atoms with Gasteiger partial charge in [-0.05, 0) is 19.1 Å². The largest absolute Gasteiger partial charge is 0.479 e. The van der Waals surface area contributed by atoms with Crippen molar-refractivity contribution in [3.05, 3.63) is 24.3 Å². The Morgan fingerprint density at radius 3 is 2.85 bits per heavy atom. The Hall–Kier alpha value is -1.65. The fourth-order valence-electron chi connectivity index (χ4n) is 0.694. The van der Waals surface area contributed by atoms with Gasteiger partial charge in [-0.3, -0.25) is 4.79 Å². The van der Waals surface area contributed by atoms with Crippen LogP contribution in [0.4, 0.5) is 4.39 Å². The SMILES string of the molecule is CC(Oc1ccc(F)nc1)C(N)=O. The number of primary amides is 1. The maximum absolute atomic E-state index is 12.3. The van der Waals surface area contributed by atoms with Crippen LogP contribution in [0.25, 0.3) is 0 Å². The highest BCUT2D eigenvalue weighted by molar-refractivity contribution is 5.78. The third-order valence-corrected chi connectivity index (χ3v) is 1.41. The zero-order chi connectivity index (χ0) is 9.84. The monoisotopic (exact) mass is 184 g/mol. The standard InChI is InChI=1S/C8H9FN2O2/c1-5(8(10)12)13-6-2-3-7(9)11-4-6/h2-5H,1H3,(H2,10,12). The van der Waals surface area contributed by atoms with Crippen LogP contribution in [-0.4, -0.2) is 17.0 Å². The van der Waals surface area contributed by atoms with Gasteiger partial charge in [0.25, 0.3) is 5.91 Å². The summed E-state index contributed by atoms with van der Waals surface area (Å²) in [6, 6.07) is 2.52. The first kappa shape index (κ1) is 9.44. The summed E-state index contributed by atoms with van der Waals surface area (Å²) in [6.45, 7) is 1.51. The molecule has 0 saturated heterocycles. The number of hydrogen-bond donors (Lipinski definition) is 1. The van der Waals surface area contributed by atoms with Gasteiger partial charge in [0.1, 0.15) is 5.75 Å². The summed E-state index contributed by atoms with van der Waals surface area (Å²) in [7, 11) is 0. The molecule has 70 valence electrons. The molecule has 5 heteroatoms. The highest BCUT2D eigenvalue weighted by atomic mass is 19.1. The van der Waals surface area contributed by atoms with Gasteiger partial charge in [0, 0.05) is 0 Å². The fraction of sp³-hybridized carbons (Fsp3) is 0.250. The van der Waals surface area contributed by atoms with E-state index >= 15 is 0 Å². The highest BCUT2D eigenvalue weighted by Gasteiger charge is 2.09. The van der Waals surface area contributed by atoms with Crippen LogP contribution < -0.4 is 10.5 Å². The van der Waals surface area contributed by atoms with E-state index in [2.05, 4.69) is 4.98 Å². The molecule has 1 atom stereocenters. The molecule has 0 fully saturated rings. The van der Waals surface area contributed by atoms with E-state index < -0.39 is 18.0 Å². The van der Waals surface area contributed by atoms with Crippen LogP contribution in [0.15, 0.2) is 18.3 Å². The number of aromatic nitrogens is 1. The highest BCUT2D eigenvalue weighted by Crippen LogP contribution is 2.10. The maximum atomic E-state index is 12.3. The summed E-state index contributed by atoms with van der Waals surface area (Å²) in [5.41, 5.74) is 4.96. The first-order valence-electron chi connectivity index (χ1n) is 3.67. The Bertz CT molecular complexity index is 300. The lowest BCUT2D eigenvalue weighted by molar-refractivity contribution is -0.123. The van der Waals surface area contributed by atoms with Crippen molar-refractivity contribution in [1.29, 1.82) is 0 Å². The number of pyridine rings is 1. The molecule has 1 aromatic heterocycles. The lowest BCUT2D eigenvalue weighted by Crippen LogP contribution is -2.30. The van der Waals surface area contributed by atoms with Crippen molar-refractivity contribution >= 4 is 5.91 Å². The molecule has 0 radical (unpaired) electrons. The molecule has 4 nitrogen and oxygen atoms in total. The zero-order valence-corrected chi connectivity index (χ0v) is 7.03. The number of nitrogens with zero attached hydrogens (tertiary/aromatic N) is 1. The molecule has 0 bridgehead atoms. The van der Waals surface area contributed by atoms with E-state index in [1.807, 2.05) is 0 Å². The molecule has 1 rings (SSSR count). The van der Waals surface area contributed by atoms with Crippen LogP contribution in [0.5, 0.6) is 5.75 Å². The average Bonchev–Trinajstić information content (AvgIpc) is 2.08. The number of hydrogen-bond acceptors (Lipinski definition) is 3. The third kappa shape index (κ3) is 2.70. The Balaban J connectivity index is 2.64. The molecule has 1 amide bonds. The minimum Gasteiger partial charge on any atom is -0.479 e. The summed E-state index contributed by atoms with van der Waals surface area (Å²) in [5.74, 6) is -0.865. The molecule has 0 saturated carbocycles. The second-order valence-electron chi connectivity index (χ2n) is 2.48. The van der Waals surface area contributed by atoms with E-state index in [-0.39, 0.29) is 0 Å². The number of carbonyl (C=O) groups excluding carboxylic acids is 1. The number of ether oxygens (including phenoxy) is 1. The van der Waals surface area contributed by atoms with Gasteiger partial charge in [-0.1, -0.05) is 0 Å². The maximum Gasteiger partial charge on any atom is 0.258 e. The number of nitrogens with two attached hydrogens (primary N) is 1. The zero-order valence-electron chi connectivity index (χ0n) is 7.03. The predicted octanol–water partition coefficient (Wildman–Crippen LogP) is 0.473. The Morgan fingerprint density at radius 2 is 2.38 bits per heavy atom. The van der Waals surface area contributed by atoms with Crippen LogP contribution in [0.1, 0.15) is 6.92 Å². The number of halogens is 1. The van der Waals surface area contributed by atoms with Crippen LogP contribution in [-0.2, 0) is 4.79 Å². The minimum atomic E-state index is -0.743. The Labute approximate surface area is 74.5 Å². The average molecular weight is 184 g/mol. The smallest absolute Gasteiger partial charge is 0.258 e. The Kier molecular flexibility index (Phi) is 2.79. The van der Waals surface area contributed by atoms with Crippen LogP contribution >= 0.6 is 0 Å². The number of rotatable bonds is 3. The summed E-state index contributed by atoms with van der Waals surface area (Å²) < 4.78 is 17.4. The normalized spacial score (nSPS) is 12.2. The van der Waals surface area contributed by atoms with Gasteiger partial charge in [0.2, 0.25) is 5.95 Å². The molecule has 0 aliphatic rings. The van der Waals surface area contributed by atoms with Gasteiger partial charge >= 0.3 is 0 Å². The quantitative estimate of drug-likeness (QED) is 0.694.